The van der Waals surface area contributed by atoms with Crippen molar-refractivity contribution in [2.45, 2.75) is 40.2 Å². The Morgan fingerprint density at radius 2 is 2.13 bits per heavy atom. The van der Waals surface area contributed by atoms with Crippen molar-refractivity contribution in [2.75, 3.05) is 13.1 Å². The van der Waals surface area contributed by atoms with Crippen LogP contribution in [0.4, 0.5) is 0 Å². The fraction of sp³-hybridized carbons (Fsp3) is 0.750. The second kappa shape index (κ2) is 4.35. The topological polar surface area (TPSA) is 46.3 Å². The SMILES string of the molecule is C[C@@H](N)C(=O)N1CC=C(C(C)(C)C)CC1. The summed E-state index contributed by atoms with van der Waals surface area (Å²) >= 11 is 0. The molecule has 2 N–H and O–H groups in total. The molecule has 1 aliphatic rings. The summed E-state index contributed by atoms with van der Waals surface area (Å²) in [6.07, 6.45) is 3.14. The maximum atomic E-state index is 11.6. The fourth-order valence-corrected chi connectivity index (χ4v) is 1.84. The predicted octanol–water partition coefficient (Wildman–Crippen LogP) is 1.54. The van der Waals surface area contributed by atoms with Crippen LogP contribution in [0.25, 0.3) is 0 Å². The Hall–Kier alpha value is -0.830. The lowest BCUT2D eigenvalue weighted by Crippen LogP contribution is -2.44. The Balaban J connectivity index is 2.62. The Labute approximate surface area is 92.3 Å². The molecule has 0 saturated heterocycles. The van der Waals surface area contributed by atoms with E-state index in [4.69, 9.17) is 5.73 Å². The Bertz CT molecular complexity index is 274. The molecule has 0 aliphatic carbocycles. The van der Waals surface area contributed by atoms with Crippen molar-refractivity contribution in [3.8, 4) is 0 Å². The molecule has 1 rings (SSSR count). The molecule has 0 unspecified atom stereocenters. The van der Waals surface area contributed by atoms with Crippen LogP contribution in [0, 0.1) is 5.41 Å². The van der Waals surface area contributed by atoms with E-state index in [2.05, 4.69) is 26.8 Å². The van der Waals surface area contributed by atoms with E-state index in [1.165, 1.54) is 5.57 Å². The molecule has 0 aromatic rings. The van der Waals surface area contributed by atoms with Gasteiger partial charge in [0.25, 0.3) is 0 Å². The first kappa shape index (κ1) is 12.2. The van der Waals surface area contributed by atoms with E-state index in [-0.39, 0.29) is 17.4 Å². The summed E-state index contributed by atoms with van der Waals surface area (Å²) in [6, 6.07) is -0.380. The highest BCUT2D eigenvalue weighted by Crippen LogP contribution is 2.30. The van der Waals surface area contributed by atoms with Crippen molar-refractivity contribution < 1.29 is 4.79 Å². The van der Waals surface area contributed by atoms with Crippen molar-refractivity contribution in [1.29, 1.82) is 0 Å². The summed E-state index contributed by atoms with van der Waals surface area (Å²) < 4.78 is 0. The molecule has 3 nitrogen and oxygen atoms in total. The molecule has 1 aliphatic heterocycles. The third-order valence-corrected chi connectivity index (χ3v) is 2.87. The standard InChI is InChI=1S/C12H22N2O/c1-9(13)11(15)14-7-5-10(6-8-14)12(2,3)4/h5,9H,6-8,13H2,1-4H3/t9-/m1/s1. The highest BCUT2D eigenvalue weighted by atomic mass is 16.2. The minimum absolute atomic E-state index is 0.0548. The molecular formula is C12H22N2O. The van der Waals surface area contributed by atoms with Crippen molar-refractivity contribution in [1.82, 2.24) is 4.90 Å². The van der Waals surface area contributed by atoms with Crippen LogP contribution in [0.2, 0.25) is 0 Å². The first-order chi connectivity index (χ1) is 6.82. The summed E-state index contributed by atoms with van der Waals surface area (Å²) in [7, 11) is 0. The quantitative estimate of drug-likeness (QED) is 0.667. The van der Waals surface area contributed by atoms with Gasteiger partial charge in [0.05, 0.1) is 6.04 Å². The number of carbonyl (C=O) groups excluding carboxylic acids is 1. The van der Waals surface area contributed by atoms with Gasteiger partial charge in [0, 0.05) is 13.1 Å². The average Bonchev–Trinajstić information content (AvgIpc) is 2.15. The predicted molar refractivity (Wildman–Crippen MR) is 62.4 cm³/mol. The van der Waals surface area contributed by atoms with Gasteiger partial charge in [-0.2, -0.15) is 0 Å². The summed E-state index contributed by atoms with van der Waals surface area (Å²) in [4.78, 5) is 13.5. The van der Waals surface area contributed by atoms with Crippen LogP contribution in [0.3, 0.4) is 0 Å². The Kier molecular flexibility index (Phi) is 3.55. The summed E-state index contributed by atoms with van der Waals surface area (Å²) in [6.45, 7) is 9.90. The molecule has 0 spiro atoms. The van der Waals surface area contributed by atoms with Gasteiger partial charge in [-0.1, -0.05) is 32.4 Å². The molecule has 0 bridgehead atoms. The normalized spacial score (nSPS) is 19.8. The third-order valence-electron chi connectivity index (χ3n) is 2.87. The van der Waals surface area contributed by atoms with E-state index in [9.17, 15) is 4.79 Å². The van der Waals surface area contributed by atoms with Gasteiger partial charge in [-0.3, -0.25) is 4.79 Å². The van der Waals surface area contributed by atoms with E-state index in [1.807, 2.05) is 4.90 Å². The number of hydrogen-bond donors (Lipinski definition) is 1. The number of amides is 1. The summed E-state index contributed by atoms with van der Waals surface area (Å²) in [5.74, 6) is 0.0548. The first-order valence-electron chi connectivity index (χ1n) is 5.56. The largest absolute Gasteiger partial charge is 0.337 e. The van der Waals surface area contributed by atoms with E-state index >= 15 is 0 Å². The van der Waals surface area contributed by atoms with Crippen LogP contribution in [-0.4, -0.2) is 29.9 Å². The van der Waals surface area contributed by atoms with Gasteiger partial charge in [0.1, 0.15) is 0 Å². The van der Waals surface area contributed by atoms with E-state index in [1.54, 1.807) is 6.92 Å². The molecule has 0 radical (unpaired) electrons. The van der Waals surface area contributed by atoms with Crippen molar-refractivity contribution in [3.05, 3.63) is 11.6 Å². The monoisotopic (exact) mass is 210 g/mol. The van der Waals surface area contributed by atoms with E-state index in [0.29, 0.717) is 6.54 Å². The number of rotatable bonds is 1. The molecule has 1 atom stereocenters. The first-order valence-corrected chi connectivity index (χ1v) is 5.56. The summed E-state index contributed by atoms with van der Waals surface area (Å²) in [5.41, 5.74) is 7.24. The van der Waals surface area contributed by atoms with Gasteiger partial charge in [-0.25, -0.2) is 0 Å². The number of carbonyl (C=O) groups is 1. The minimum atomic E-state index is -0.380. The lowest BCUT2D eigenvalue weighted by molar-refractivity contribution is -0.131. The van der Waals surface area contributed by atoms with Crippen LogP contribution >= 0.6 is 0 Å². The third kappa shape index (κ3) is 3.06. The lowest BCUT2D eigenvalue weighted by atomic mass is 9.83. The number of nitrogens with zero attached hydrogens (tertiary/aromatic N) is 1. The van der Waals surface area contributed by atoms with Gasteiger partial charge in [0.15, 0.2) is 0 Å². The lowest BCUT2D eigenvalue weighted by Gasteiger charge is -2.32. The number of hydrogen-bond acceptors (Lipinski definition) is 2. The molecule has 1 amide bonds. The number of nitrogens with two attached hydrogens (primary N) is 1. The van der Waals surface area contributed by atoms with Crippen LogP contribution in [0.15, 0.2) is 11.6 Å². The Morgan fingerprint density at radius 1 is 1.53 bits per heavy atom. The molecule has 0 saturated carbocycles. The van der Waals surface area contributed by atoms with Gasteiger partial charge in [-0.15, -0.1) is 0 Å². The zero-order valence-electron chi connectivity index (χ0n) is 10.2. The van der Waals surface area contributed by atoms with Crippen LogP contribution in [0.5, 0.6) is 0 Å². The van der Waals surface area contributed by atoms with E-state index < -0.39 is 0 Å². The van der Waals surface area contributed by atoms with Crippen LogP contribution in [0.1, 0.15) is 34.1 Å². The zero-order valence-corrected chi connectivity index (χ0v) is 10.2. The molecule has 0 aromatic carbocycles. The molecule has 0 aromatic heterocycles. The maximum absolute atomic E-state index is 11.6. The molecule has 86 valence electrons. The smallest absolute Gasteiger partial charge is 0.239 e. The molecular weight excluding hydrogens is 188 g/mol. The van der Waals surface area contributed by atoms with Gasteiger partial charge < -0.3 is 10.6 Å². The second-order valence-electron chi connectivity index (χ2n) is 5.30. The zero-order chi connectivity index (χ0) is 11.6. The van der Waals surface area contributed by atoms with Crippen molar-refractivity contribution in [2.24, 2.45) is 11.1 Å². The van der Waals surface area contributed by atoms with Crippen LogP contribution in [-0.2, 0) is 4.79 Å². The Morgan fingerprint density at radius 3 is 2.47 bits per heavy atom. The highest BCUT2D eigenvalue weighted by molar-refractivity contribution is 5.81. The summed E-state index contributed by atoms with van der Waals surface area (Å²) in [5, 5.41) is 0. The highest BCUT2D eigenvalue weighted by Gasteiger charge is 2.24. The molecule has 3 heteroatoms. The van der Waals surface area contributed by atoms with Crippen molar-refractivity contribution in [3.63, 3.8) is 0 Å². The maximum Gasteiger partial charge on any atom is 0.239 e. The van der Waals surface area contributed by atoms with Gasteiger partial charge in [-0.05, 0) is 18.8 Å². The van der Waals surface area contributed by atoms with Crippen molar-refractivity contribution >= 4 is 5.91 Å². The van der Waals surface area contributed by atoms with Crippen LogP contribution < -0.4 is 5.73 Å². The van der Waals surface area contributed by atoms with Gasteiger partial charge in [0.2, 0.25) is 5.91 Å². The van der Waals surface area contributed by atoms with E-state index in [0.717, 1.165) is 13.0 Å². The minimum Gasteiger partial charge on any atom is -0.337 e. The molecule has 0 fully saturated rings. The average molecular weight is 210 g/mol. The van der Waals surface area contributed by atoms with Gasteiger partial charge >= 0.3 is 0 Å². The second-order valence-corrected chi connectivity index (χ2v) is 5.30. The molecule has 1 heterocycles. The molecule has 15 heavy (non-hydrogen) atoms. The fourth-order valence-electron chi connectivity index (χ4n) is 1.84.